The van der Waals surface area contributed by atoms with Gasteiger partial charge in [0.2, 0.25) is 11.8 Å². The molecule has 0 unspecified atom stereocenters. The van der Waals surface area contributed by atoms with Crippen molar-refractivity contribution in [1.82, 2.24) is 14.7 Å². The molecule has 154 valence electrons. The third kappa shape index (κ3) is 5.92. The number of ether oxygens (including phenoxy) is 1. The summed E-state index contributed by atoms with van der Waals surface area (Å²) in [5.74, 6) is -0.0334. The standard InChI is InChI=1S/C18H24ClN3O3.CH2O2/c1-14-18(24)21(12-15-4-2-3-5-16(15)19)13-17(23)22(14)7-6-20-8-10-25-11-9-20;2-1-3/h2-5,14H,6-13H2,1H3;1H,(H,2,3)/t14-;/m0./s1. The molecule has 1 atom stereocenters. The number of morpholine rings is 1. The minimum absolute atomic E-state index is 0.00702. The molecule has 0 bridgehead atoms. The van der Waals surface area contributed by atoms with Gasteiger partial charge in [-0.25, -0.2) is 0 Å². The zero-order valence-electron chi connectivity index (χ0n) is 15.9. The summed E-state index contributed by atoms with van der Waals surface area (Å²) in [6.45, 7) is 6.60. The number of halogens is 1. The van der Waals surface area contributed by atoms with Crippen molar-refractivity contribution in [2.45, 2.75) is 19.5 Å². The highest BCUT2D eigenvalue weighted by molar-refractivity contribution is 6.31. The molecule has 2 heterocycles. The second kappa shape index (κ2) is 11.0. The molecule has 28 heavy (non-hydrogen) atoms. The van der Waals surface area contributed by atoms with Crippen molar-refractivity contribution in [2.24, 2.45) is 0 Å². The van der Waals surface area contributed by atoms with Gasteiger partial charge in [-0.3, -0.25) is 19.3 Å². The highest BCUT2D eigenvalue weighted by atomic mass is 35.5. The van der Waals surface area contributed by atoms with E-state index in [0.29, 0.717) is 18.1 Å². The maximum Gasteiger partial charge on any atom is 0.290 e. The third-order valence-electron chi connectivity index (χ3n) is 4.86. The number of amides is 2. The molecule has 8 nitrogen and oxygen atoms in total. The summed E-state index contributed by atoms with van der Waals surface area (Å²) >= 11 is 6.18. The topological polar surface area (TPSA) is 90.4 Å². The molecule has 2 amide bonds. The Morgan fingerprint density at radius 3 is 2.50 bits per heavy atom. The van der Waals surface area contributed by atoms with Gasteiger partial charge in [0.15, 0.2) is 0 Å². The minimum atomic E-state index is -0.440. The highest BCUT2D eigenvalue weighted by Crippen LogP contribution is 2.20. The number of rotatable bonds is 5. The van der Waals surface area contributed by atoms with Crippen molar-refractivity contribution in [2.75, 3.05) is 45.9 Å². The SMILES string of the molecule is C[C@H]1C(=O)N(Cc2ccccc2Cl)CC(=O)N1CCN1CCOCC1.O=CO. The van der Waals surface area contributed by atoms with Gasteiger partial charge in [0.1, 0.15) is 12.6 Å². The Kier molecular flexibility index (Phi) is 8.69. The number of carbonyl (C=O) groups is 3. The van der Waals surface area contributed by atoms with Gasteiger partial charge < -0.3 is 19.6 Å². The van der Waals surface area contributed by atoms with E-state index >= 15 is 0 Å². The fourth-order valence-electron chi connectivity index (χ4n) is 3.30. The monoisotopic (exact) mass is 411 g/mol. The van der Waals surface area contributed by atoms with Gasteiger partial charge in [0, 0.05) is 37.7 Å². The Morgan fingerprint density at radius 1 is 1.21 bits per heavy atom. The Labute approximate surface area is 169 Å². The van der Waals surface area contributed by atoms with E-state index in [1.54, 1.807) is 22.8 Å². The second-order valence-corrected chi connectivity index (χ2v) is 7.02. The van der Waals surface area contributed by atoms with E-state index in [4.69, 9.17) is 26.2 Å². The summed E-state index contributed by atoms with van der Waals surface area (Å²) in [5, 5.41) is 7.50. The number of piperazine rings is 1. The van der Waals surface area contributed by atoms with E-state index in [1.165, 1.54) is 0 Å². The van der Waals surface area contributed by atoms with Gasteiger partial charge in [0.25, 0.3) is 6.47 Å². The number of hydrogen-bond acceptors (Lipinski definition) is 5. The number of nitrogens with zero attached hydrogens (tertiary/aromatic N) is 3. The molecule has 0 saturated carbocycles. The van der Waals surface area contributed by atoms with Crippen LogP contribution in [0.5, 0.6) is 0 Å². The Balaban J connectivity index is 0.000000878. The van der Waals surface area contributed by atoms with E-state index in [2.05, 4.69) is 4.90 Å². The smallest absolute Gasteiger partial charge is 0.290 e. The number of hydrogen-bond donors (Lipinski definition) is 1. The van der Waals surface area contributed by atoms with Crippen molar-refractivity contribution in [3.63, 3.8) is 0 Å². The first kappa shape index (κ1) is 22.1. The number of benzene rings is 1. The number of carbonyl (C=O) groups excluding carboxylic acids is 2. The van der Waals surface area contributed by atoms with E-state index < -0.39 is 6.04 Å². The van der Waals surface area contributed by atoms with Crippen LogP contribution in [0.1, 0.15) is 12.5 Å². The second-order valence-electron chi connectivity index (χ2n) is 6.61. The fraction of sp³-hybridized carbons (Fsp3) is 0.526. The molecule has 9 heteroatoms. The fourth-order valence-corrected chi connectivity index (χ4v) is 3.50. The molecule has 2 aliphatic rings. The molecule has 1 aromatic carbocycles. The van der Waals surface area contributed by atoms with E-state index in [1.807, 2.05) is 18.2 Å². The van der Waals surface area contributed by atoms with Crippen molar-refractivity contribution in [3.8, 4) is 0 Å². The predicted molar refractivity (Wildman–Crippen MR) is 104 cm³/mol. The van der Waals surface area contributed by atoms with Crippen molar-refractivity contribution >= 4 is 29.9 Å². The summed E-state index contributed by atoms with van der Waals surface area (Å²) in [5.41, 5.74) is 0.860. The van der Waals surface area contributed by atoms with Gasteiger partial charge >= 0.3 is 0 Å². The average molecular weight is 412 g/mol. The molecule has 0 aromatic heterocycles. The first-order valence-electron chi connectivity index (χ1n) is 9.17. The number of carboxylic acid groups (broad SMARTS) is 1. The van der Waals surface area contributed by atoms with E-state index in [9.17, 15) is 9.59 Å². The molecule has 0 spiro atoms. The van der Waals surface area contributed by atoms with Crippen LogP contribution in [0.3, 0.4) is 0 Å². The zero-order valence-corrected chi connectivity index (χ0v) is 16.7. The van der Waals surface area contributed by atoms with Crippen LogP contribution in [-0.2, 0) is 25.7 Å². The van der Waals surface area contributed by atoms with Crippen LogP contribution >= 0.6 is 11.6 Å². The molecule has 0 aliphatic carbocycles. The van der Waals surface area contributed by atoms with Crippen LogP contribution in [0.25, 0.3) is 0 Å². The predicted octanol–water partition coefficient (Wildman–Crippen LogP) is 0.932. The quantitative estimate of drug-likeness (QED) is 0.725. The van der Waals surface area contributed by atoms with E-state index in [0.717, 1.165) is 38.4 Å². The minimum Gasteiger partial charge on any atom is -0.483 e. The Hall–Kier alpha value is -2.16. The lowest BCUT2D eigenvalue weighted by Crippen LogP contribution is -2.59. The molecule has 2 saturated heterocycles. The van der Waals surface area contributed by atoms with Gasteiger partial charge in [0.05, 0.1) is 13.2 Å². The summed E-state index contributed by atoms with van der Waals surface area (Å²) < 4.78 is 5.34. The van der Waals surface area contributed by atoms with Gasteiger partial charge in [-0.2, -0.15) is 0 Å². The molecule has 3 rings (SSSR count). The Morgan fingerprint density at radius 2 is 1.86 bits per heavy atom. The van der Waals surface area contributed by atoms with Gasteiger partial charge in [-0.15, -0.1) is 0 Å². The molecule has 2 fully saturated rings. The molecular formula is C19H26ClN3O5. The van der Waals surface area contributed by atoms with Crippen molar-refractivity contribution in [1.29, 1.82) is 0 Å². The first-order valence-corrected chi connectivity index (χ1v) is 9.55. The first-order chi connectivity index (χ1) is 13.5. The van der Waals surface area contributed by atoms with Crippen LogP contribution in [0.2, 0.25) is 5.02 Å². The normalized spacial score (nSPS) is 20.6. The molecular weight excluding hydrogens is 386 g/mol. The van der Waals surface area contributed by atoms with Crippen LogP contribution in [-0.4, -0.2) is 90.1 Å². The lowest BCUT2D eigenvalue weighted by atomic mass is 10.1. The molecule has 2 aliphatic heterocycles. The van der Waals surface area contributed by atoms with Crippen LogP contribution in [0.15, 0.2) is 24.3 Å². The summed E-state index contributed by atoms with van der Waals surface area (Å²) in [6.07, 6.45) is 0. The highest BCUT2D eigenvalue weighted by Gasteiger charge is 2.36. The summed E-state index contributed by atoms with van der Waals surface area (Å²) in [6, 6.07) is 6.98. The lowest BCUT2D eigenvalue weighted by Gasteiger charge is -2.40. The zero-order chi connectivity index (χ0) is 20.5. The summed E-state index contributed by atoms with van der Waals surface area (Å²) in [4.78, 5) is 39.2. The Bertz CT molecular complexity index is 681. The largest absolute Gasteiger partial charge is 0.483 e. The van der Waals surface area contributed by atoms with Crippen molar-refractivity contribution < 1.29 is 24.2 Å². The van der Waals surface area contributed by atoms with Crippen LogP contribution in [0.4, 0.5) is 0 Å². The van der Waals surface area contributed by atoms with Gasteiger partial charge in [-0.1, -0.05) is 29.8 Å². The van der Waals surface area contributed by atoms with Crippen molar-refractivity contribution in [3.05, 3.63) is 34.9 Å². The third-order valence-corrected chi connectivity index (χ3v) is 5.23. The summed E-state index contributed by atoms with van der Waals surface area (Å²) in [7, 11) is 0. The molecule has 0 radical (unpaired) electrons. The average Bonchev–Trinajstić information content (AvgIpc) is 2.69. The lowest BCUT2D eigenvalue weighted by molar-refractivity contribution is -0.155. The molecule has 1 N–H and O–H groups in total. The maximum absolute atomic E-state index is 12.7. The van der Waals surface area contributed by atoms with Gasteiger partial charge in [-0.05, 0) is 18.6 Å². The maximum atomic E-state index is 12.7. The van der Waals surface area contributed by atoms with E-state index in [-0.39, 0.29) is 24.8 Å². The van der Waals surface area contributed by atoms with Crippen LogP contribution in [0, 0.1) is 0 Å². The van der Waals surface area contributed by atoms with Crippen LogP contribution < -0.4 is 0 Å². The molecule has 1 aromatic rings.